The fraction of sp³-hybridized carbons (Fsp3) is 0.433. The molecular weight excluding hydrogens is 631 g/mol. The van der Waals surface area contributed by atoms with Crippen molar-refractivity contribution in [2.24, 2.45) is 5.92 Å². The molecule has 4 amide bonds. The normalized spacial score (nSPS) is 12.9. The number of carboxylic acid groups (broad SMARTS) is 1. The van der Waals surface area contributed by atoms with Crippen LogP contribution in [0.25, 0.3) is 0 Å². The molecule has 44 heavy (non-hydrogen) atoms. The summed E-state index contributed by atoms with van der Waals surface area (Å²) in [6.45, 7) is 3.87. The zero-order valence-corrected chi connectivity index (χ0v) is 26.9. The minimum Gasteiger partial charge on any atom is -0.481 e. The first kappa shape index (κ1) is 36.7. The third kappa shape index (κ3) is 13.4. The lowest BCUT2D eigenvalue weighted by Gasteiger charge is -2.25. The molecule has 5 N–H and O–H groups in total. The third-order valence-corrected chi connectivity index (χ3v) is 7.28. The minimum absolute atomic E-state index is 0.0162. The summed E-state index contributed by atoms with van der Waals surface area (Å²) in [4.78, 5) is 62.9. The Balaban J connectivity index is 2.02. The topological polar surface area (TPSA) is 163 Å². The van der Waals surface area contributed by atoms with Crippen molar-refractivity contribution in [2.75, 3.05) is 12.3 Å². The number of hydrogen-bond donors (Lipinski definition) is 6. The van der Waals surface area contributed by atoms with Gasteiger partial charge in [0.15, 0.2) is 0 Å². The van der Waals surface area contributed by atoms with Crippen molar-refractivity contribution in [1.29, 1.82) is 0 Å². The molecule has 0 heterocycles. The average Bonchev–Trinajstić information content (AvgIpc) is 2.97. The molecule has 0 saturated heterocycles. The van der Waals surface area contributed by atoms with E-state index in [0.717, 1.165) is 11.1 Å². The molecule has 0 radical (unpaired) electrons. The van der Waals surface area contributed by atoms with Crippen LogP contribution in [0.3, 0.4) is 0 Å². The molecule has 2 rings (SSSR count). The van der Waals surface area contributed by atoms with Crippen LogP contribution in [0.5, 0.6) is 0 Å². The highest BCUT2D eigenvalue weighted by atomic mass is 35.5. The average molecular weight is 670 g/mol. The van der Waals surface area contributed by atoms with Crippen molar-refractivity contribution in [2.45, 2.75) is 64.3 Å². The number of alkyl carbamates (subject to hydrolysis) is 1. The lowest BCUT2D eigenvalue weighted by Crippen LogP contribution is -2.57. The number of halogens is 2. The van der Waals surface area contributed by atoms with Gasteiger partial charge in [0.2, 0.25) is 17.7 Å². The lowest BCUT2D eigenvalue weighted by molar-refractivity contribution is -0.137. The van der Waals surface area contributed by atoms with Gasteiger partial charge in [0.05, 0.1) is 0 Å². The van der Waals surface area contributed by atoms with Crippen LogP contribution in [0, 0.1) is 5.92 Å². The quantitative estimate of drug-likeness (QED) is 0.140. The molecule has 0 fully saturated rings. The summed E-state index contributed by atoms with van der Waals surface area (Å²) < 4.78 is 5.18. The number of benzene rings is 2. The molecule has 0 aliphatic carbocycles. The Bertz CT molecular complexity index is 1280. The maximum atomic E-state index is 13.3. The zero-order chi connectivity index (χ0) is 32.6. The van der Waals surface area contributed by atoms with Gasteiger partial charge in [-0.25, -0.2) is 4.79 Å². The Morgan fingerprint density at radius 3 is 2.16 bits per heavy atom. The minimum atomic E-state index is -1.29. The van der Waals surface area contributed by atoms with E-state index in [2.05, 4.69) is 33.9 Å². The van der Waals surface area contributed by atoms with Crippen LogP contribution in [-0.2, 0) is 36.9 Å². The second kappa shape index (κ2) is 19.0. The van der Waals surface area contributed by atoms with E-state index in [0.29, 0.717) is 16.5 Å². The van der Waals surface area contributed by atoms with Crippen molar-refractivity contribution < 1.29 is 33.8 Å². The van der Waals surface area contributed by atoms with E-state index < -0.39 is 54.3 Å². The summed E-state index contributed by atoms with van der Waals surface area (Å²) in [5.41, 5.74) is 1.51. The fourth-order valence-electron chi connectivity index (χ4n) is 4.05. The Morgan fingerprint density at radius 1 is 0.886 bits per heavy atom. The summed E-state index contributed by atoms with van der Waals surface area (Å²) in [5, 5.41) is 20.5. The number of rotatable bonds is 17. The Hall–Kier alpha value is -3.48. The number of ether oxygens (including phenoxy) is 1. The molecule has 0 saturated carbocycles. The van der Waals surface area contributed by atoms with Crippen LogP contribution in [0.1, 0.15) is 44.2 Å². The molecule has 0 spiro atoms. The first-order chi connectivity index (χ1) is 20.9. The molecule has 0 aromatic heterocycles. The van der Waals surface area contributed by atoms with Crippen molar-refractivity contribution in [3.05, 3.63) is 69.7 Å². The molecule has 14 heteroatoms. The van der Waals surface area contributed by atoms with Crippen LogP contribution in [-0.4, -0.2) is 65.3 Å². The standard InChI is InChI=1S/C30H38Cl2N4O7S/c1-18(2)14-24(29(41)35-25(17-44)27(39)33-13-12-20-8-9-21(31)15-22(20)32)34-28(40)23(10-11-26(37)38)36-30(42)43-16-19-6-4-3-5-7-19/h3-9,15,18,23-25,44H,10-14,16-17H2,1-2H3,(H,33,39)(H,34,40)(H,35,41)(H,36,42)(H,37,38)/t23-,24-,25-/m0/s1. The highest BCUT2D eigenvalue weighted by Gasteiger charge is 2.30. The van der Waals surface area contributed by atoms with Crippen LogP contribution in [0.2, 0.25) is 10.0 Å². The lowest BCUT2D eigenvalue weighted by atomic mass is 10.0. The number of carboxylic acids is 1. The van der Waals surface area contributed by atoms with E-state index >= 15 is 0 Å². The van der Waals surface area contributed by atoms with E-state index in [4.69, 9.17) is 33.0 Å². The van der Waals surface area contributed by atoms with Crippen molar-refractivity contribution in [1.82, 2.24) is 21.3 Å². The summed E-state index contributed by atoms with van der Waals surface area (Å²) in [7, 11) is 0. The third-order valence-electron chi connectivity index (χ3n) is 6.33. The zero-order valence-electron chi connectivity index (χ0n) is 24.5. The van der Waals surface area contributed by atoms with Crippen molar-refractivity contribution >= 4 is 65.6 Å². The smallest absolute Gasteiger partial charge is 0.408 e. The van der Waals surface area contributed by atoms with Crippen LogP contribution in [0.4, 0.5) is 4.79 Å². The first-order valence-electron chi connectivity index (χ1n) is 14.0. The van der Waals surface area contributed by atoms with E-state index in [1.165, 1.54) is 0 Å². The Kier molecular flexibility index (Phi) is 15.9. The first-order valence-corrected chi connectivity index (χ1v) is 15.4. The summed E-state index contributed by atoms with van der Waals surface area (Å²) in [6.07, 6.45) is -0.939. The van der Waals surface area contributed by atoms with Gasteiger partial charge in [0.25, 0.3) is 0 Å². The SMILES string of the molecule is CC(C)C[C@H](NC(=O)[C@H](CCC(=O)O)NC(=O)OCc1ccccc1)C(=O)N[C@@H](CS)C(=O)NCCc1ccc(Cl)cc1Cl. The van der Waals surface area contributed by atoms with Crippen LogP contribution < -0.4 is 21.3 Å². The second-order valence-electron chi connectivity index (χ2n) is 10.4. The van der Waals surface area contributed by atoms with Crippen LogP contribution >= 0.6 is 35.8 Å². The predicted octanol–water partition coefficient (Wildman–Crippen LogP) is 3.76. The summed E-state index contributed by atoms with van der Waals surface area (Å²) in [6, 6.07) is 10.6. The van der Waals surface area contributed by atoms with Gasteiger partial charge in [0, 0.05) is 28.8 Å². The van der Waals surface area contributed by atoms with Crippen LogP contribution in [0.15, 0.2) is 48.5 Å². The molecule has 2 aromatic rings. The molecule has 0 aliphatic rings. The maximum absolute atomic E-state index is 13.3. The summed E-state index contributed by atoms with van der Waals surface area (Å²) in [5.74, 6) is -3.10. The highest BCUT2D eigenvalue weighted by molar-refractivity contribution is 7.80. The van der Waals surface area contributed by atoms with Crippen molar-refractivity contribution in [3.8, 4) is 0 Å². The Morgan fingerprint density at radius 2 is 1.55 bits per heavy atom. The number of hydrogen-bond acceptors (Lipinski definition) is 7. The highest BCUT2D eigenvalue weighted by Crippen LogP contribution is 2.21. The van der Waals surface area contributed by atoms with Gasteiger partial charge in [-0.3, -0.25) is 19.2 Å². The van der Waals surface area contributed by atoms with Gasteiger partial charge in [-0.15, -0.1) is 0 Å². The predicted molar refractivity (Wildman–Crippen MR) is 171 cm³/mol. The molecule has 11 nitrogen and oxygen atoms in total. The molecule has 2 aromatic carbocycles. The maximum Gasteiger partial charge on any atom is 0.408 e. The molecule has 0 unspecified atom stereocenters. The van der Waals surface area contributed by atoms with Gasteiger partial charge >= 0.3 is 12.1 Å². The van der Waals surface area contributed by atoms with Gasteiger partial charge in [0.1, 0.15) is 24.7 Å². The fourth-order valence-corrected chi connectivity index (χ4v) is 4.81. The summed E-state index contributed by atoms with van der Waals surface area (Å²) >= 11 is 16.3. The second-order valence-corrected chi connectivity index (χ2v) is 11.6. The van der Waals surface area contributed by atoms with Gasteiger partial charge in [-0.2, -0.15) is 12.6 Å². The van der Waals surface area contributed by atoms with Crippen molar-refractivity contribution in [3.63, 3.8) is 0 Å². The van der Waals surface area contributed by atoms with E-state index in [1.807, 2.05) is 19.9 Å². The van der Waals surface area contributed by atoms with Gasteiger partial charge in [-0.05, 0) is 48.4 Å². The molecule has 3 atom stereocenters. The molecular formula is C30H38Cl2N4O7S. The number of carbonyl (C=O) groups is 5. The molecule has 0 aliphatic heterocycles. The number of thiol groups is 1. The monoisotopic (exact) mass is 668 g/mol. The van der Waals surface area contributed by atoms with Gasteiger partial charge in [-0.1, -0.05) is 73.4 Å². The number of nitrogens with one attached hydrogen (secondary N) is 4. The van der Waals surface area contributed by atoms with E-state index in [-0.39, 0.29) is 37.7 Å². The van der Waals surface area contributed by atoms with E-state index in [1.54, 1.807) is 42.5 Å². The molecule has 0 bridgehead atoms. The number of amides is 4. The van der Waals surface area contributed by atoms with E-state index in [9.17, 15) is 24.0 Å². The largest absolute Gasteiger partial charge is 0.481 e. The number of aliphatic carboxylic acids is 1. The van der Waals surface area contributed by atoms with Gasteiger partial charge < -0.3 is 31.1 Å². The Labute approximate surface area is 272 Å². The number of carbonyl (C=O) groups excluding carboxylic acids is 4. The molecule has 240 valence electrons.